The van der Waals surface area contributed by atoms with E-state index in [1.807, 2.05) is 48.5 Å². The van der Waals surface area contributed by atoms with E-state index >= 15 is 0 Å². The van der Waals surface area contributed by atoms with Crippen LogP contribution >= 0.6 is 0 Å². The molecule has 0 atom stereocenters. The minimum absolute atomic E-state index is 0.0656. The lowest BCUT2D eigenvalue weighted by atomic mass is 10.2. The van der Waals surface area contributed by atoms with Crippen LogP contribution in [0.4, 0.5) is 5.69 Å². The van der Waals surface area contributed by atoms with Crippen molar-refractivity contribution in [1.82, 2.24) is 9.88 Å². The van der Waals surface area contributed by atoms with Crippen molar-refractivity contribution in [3.63, 3.8) is 0 Å². The number of anilines is 1. The van der Waals surface area contributed by atoms with Gasteiger partial charge in [-0.3, -0.25) is 14.6 Å². The first kappa shape index (κ1) is 19.1. The van der Waals surface area contributed by atoms with Crippen molar-refractivity contribution in [2.24, 2.45) is 0 Å². The largest absolute Gasteiger partial charge is 0.455 e. The van der Waals surface area contributed by atoms with Crippen molar-refractivity contribution < 1.29 is 14.3 Å². The van der Waals surface area contributed by atoms with E-state index in [2.05, 4.69) is 10.3 Å². The summed E-state index contributed by atoms with van der Waals surface area (Å²) >= 11 is 0. The average Bonchev–Trinajstić information content (AvgIpc) is 2.70. The van der Waals surface area contributed by atoms with E-state index in [1.165, 1.54) is 11.8 Å². The molecule has 6 heteroatoms. The summed E-state index contributed by atoms with van der Waals surface area (Å²) < 4.78 is 5.85. The summed E-state index contributed by atoms with van der Waals surface area (Å²) in [6.07, 6.45) is 3.34. The van der Waals surface area contributed by atoms with Crippen LogP contribution in [0.1, 0.15) is 12.5 Å². The molecule has 0 saturated heterocycles. The second-order valence-electron chi connectivity index (χ2n) is 6.20. The summed E-state index contributed by atoms with van der Waals surface area (Å²) in [4.78, 5) is 30.0. The van der Waals surface area contributed by atoms with Gasteiger partial charge in [0, 0.05) is 25.9 Å². The van der Waals surface area contributed by atoms with Gasteiger partial charge in [0.25, 0.3) is 0 Å². The topological polar surface area (TPSA) is 71.5 Å². The van der Waals surface area contributed by atoms with Crippen molar-refractivity contribution in [1.29, 1.82) is 0 Å². The summed E-state index contributed by atoms with van der Waals surface area (Å²) in [5, 5.41) is 2.83. The highest BCUT2D eigenvalue weighted by atomic mass is 16.5. The maximum atomic E-state index is 12.5. The molecule has 0 radical (unpaired) electrons. The van der Waals surface area contributed by atoms with Crippen LogP contribution in [0, 0.1) is 0 Å². The Morgan fingerprint density at radius 3 is 2.46 bits per heavy atom. The van der Waals surface area contributed by atoms with E-state index in [4.69, 9.17) is 4.74 Å². The van der Waals surface area contributed by atoms with Crippen LogP contribution in [0.25, 0.3) is 0 Å². The van der Waals surface area contributed by atoms with Crippen molar-refractivity contribution in [2.75, 3.05) is 11.9 Å². The van der Waals surface area contributed by atoms with Crippen LogP contribution in [0.15, 0.2) is 79.1 Å². The summed E-state index contributed by atoms with van der Waals surface area (Å²) in [5.41, 5.74) is 1.40. The van der Waals surface area contributed by atoms with Gasteiger partial charge in [0.15, 0.2) is 5.75 Å². The van der Waals surface area contributed by atoms with Crippen LogP contribution in [-0.4, -0.2) is 28.2 Å². The van der Waals surface area contributed by atoms with Crippen molar-refractivity contribution in [3.05, 3.63) is 84.7 Å². The third-order valence-corrected chi connectivity index (χ3v) is 4.01. The molecule has 0 unspecified atom stereocenters. The molecule has 1 aromatic heterocycles. The quantitative estimate of drug-likeness (QED) is 0.681. The molecule has 1 N–H and O–H groups in total. The average molecular weight is 375 g/mol. The Balaban J connectivity index is 1.67. The standard InChI is InChI=1S/C22H21N3O3/c1-17(26)25(15-18-8-7-13-23-14-18)16-22(27)24-20-11-5-6-12-21(20)28-19-9-3-2-4-10-19/h2-14H,15-16H2,1H3,(H,24,27). The molecule has 0 bridgehead atoms. The van der Waals surface area contributed by atoms with E-state index in [1.54, 1.807) is 30.6 Å². The predicted octanol–water partition coefficient (Wildman–Crippen LogP) is 3.86. The van der Waals surface area contributed by atoms with Gasteiger partial charge in [-0.25, -0.2) is 0 Å². The number of carbonyl (C=O) groups is 2. The molecule has 142 valence electrons. The smallest absolute Gasteiger partial charge is 0.244 e. The third-order valence-electron chi connectivity index (χ3n) is 4.01. The highest BCUT2D eigenvalue weighted by Crippen LogP contribution is 2.29. The zero-order valence-corrected chi connectivity index (χ0v) is 15.5. The SMILES string of the molecule is CC(=O)N(CC(=O)Nc1ccccc1Oc1ccccc1)Cc1cccnc1. The molecule has 28 heavy (non-hydrogen) atoms. The van der Waals surface area contributed by atoms with Crippen molar-refractivity contribution in [2.45, 2.75) is 13.5 Å². The van der Waals surface area contributed by atoms with Crippen LogP contribution in [-0.2, 0) is 16.1 Å². The Kier molecular flexibility index (Phi) is 6.36. The molecule has 2 amide bonds. The number of amides is 2. The maximum Gasteiger partial charge on any atom is 0.244 e. The van der Waals surface area contributed by atoms with Gasteiger partial charge in [-0.1, -0.05) is 36.4 Å². The number of benzene rings is 2. The second kappa shape index (κ2) is 9.32. The van der Waals surface area contributed by atoms with E-state index in [-0.39, 0.29) is 18.4 Å². The van der Waals surface area contributed by atoms with Crippen LogP contribution in [0.5, 0.6) is 11.5 Å². The van der Waals surface area contributed by atoms with Gasteiger partial charge < -0.3 is 15.0 Å². The Bertz CT molecular complexity index is 930. The first-order chi connectivity index (χ1) is 13.6. The van der Waals surface area contributed by atoms with E-state index in [0.717, 1.165) is 5.56 Å². The fourth-order valence-corrected chi connectivity index (χ4v) is 2.63. The summed E-state index contributed by atoms with van der Waals surface area (Å²) in [5.74, 6) is 0.714. The molecule has 0 aliphatic carbocycles. The number of carbonyl (C=O) groups excluding carboxylic acids is 2. The number of hydrogen-bond donors (Lipinski definition) is 1. The first-order valence-corrected chi connectivity index (χ1v) is 8.88. The zero-order valence-electron chi connectivity index (χ0n) is 15.5. The third kappa shape index (κ3) is 5.41. The molecule has 6 nitrogen and oxygen atoms in total. The van der Waals surface area contributed by atoms with E-state index in [0.29, 0.717) is 23.7 Å². The summed E-state index contributed by atoms with van der Waals surface area (Å²) in [7, 11) is 0. The Morgan fingerprint density at radius 2 is 1.75 bits per heavy atom. The molecule has 1 heterocycles. The lowest BCUT2D eigenvalue weighted by molar-refractivity contribution is -0.133. The monoisotopic (exact) mass is 375 g/mol. The van der Waals surface area contributed by atoms with E-state index in [9.17, 15) is 9.59 Å². The second-order valence-corrected chi connectivity index (χ2v) is 6.20. The van der Waals surface area contributed by atoms with Gasteiger partial charge in [0.1, 0.15) is 12.3 Å². The minimum Gasteiger partial charge on any atom is -0.455 e. The van der Waals surface area contributed by atoms with Gasteiger partial charge in [-0.15, -0.1) is 0 Å². The number of hydrogen-bond acceptors (Lipinski definition) is 4. The van der Waals surface area contributed by atoms with Crippen LogP contribution < -0.4 is 10.1 Å². The van der Waals surface area contributed by atoms with E-state index < -0.39 is 0 Å². The summed E-state index contributed by atoms with van der Waals surface area (Å²) in [6, 6.07) is 20.2. The number of aromatic nitrogens is 1. The molecule has 0 saturated carbocycles. The molecule has 2 aromatic carbocycles. The number of nitrogens with zero attached hydrogens (tertiary/aromatic N) is 2. The molecule has 0 aliphatic rings. The highest BCUT2D eigenvalue weighted by Gasteiger charge is 2.16. The molecule has 0 fully saturated rings. The maximum absolute atomic E-state index is 12.5. The number of para-hydroxylation sites is 3. The molecular weight excluding hydrogens is 354 g/mol. The van der Waals surface area contributed by atoms with Crippen LogP contribution in [0.2, 0.25) is 0 Å². The van der Waals surface area contributed by atoms with Gasteiger partial charge in [0.05, 0.1) is 5.69 Å². The fraction of sp³-hybridized carbons (Fsp3) is 0.136. The Morgan fingerprint density at radius 1 is 1.00 bits per heavy atom. The number of ether oxygens (including phenoxy) is 1. The minimum atomic E-state index is -0.303. The van der Waals surface area contributed by atoms with Crippen molar-refractivity contribution >= 4 is 17.5 Å². The summed E-state index contributed by atoms with van der Waals surface area (Å²) in [6.45, 7) is 1.69. The fourth-order valence-electron chi connectivity index (χ4n) is 2.63. The van der Waals surface area contributed by atoms with Crippen molar-refractivity contribution in [3.8, 4) is 11.5 Å². The molecule has 0 aliphatic heterocycles. The molecule has 0 spiro atoms. The Labute approximate surface area is 163 Å². The Hall–Kier alpha value is -3.67. The highest BCUT2D eigenvalue weighted by molar-refractivity contribution is 5.95. The predicted molar refractivity (Wildman–Crippen MR) is 107 cm³/mol. The first-order valence-electron chi connectivity index (χ1n) is 8.88. The van der Waals surface area contributed by atoms with Gasteiger partial charge in [-0.2, -0.15) is 0 Å². The molecular formula is C22H21N3O3. The number of pyridine rings is 1. The molecule has 3 aromatic rings. The van der Waals surface area contributed by atoms with Gasteiger partial charge in [0.2, 0.25) is 11.8 Å². The number of nitrogens with one attached hydrogen (secondary N) is 1. The van der Waals surface area contributed by atoms with Crippen LogP contribution in [0.3, 0.4) is 0 Å². The lowest BCUT2D eigenvalue weighted by Gasteiger charge is -2.21. The van der Waals surface area contributed by atoms with Gasteiger partial charge >= 0.3 is 0 Å². The molecule has 3 rings (SSSR count). The zero-order chi connectivity index (χ0) is 19.8. The normalized spacial score (nSPS) is 10.2. The number of rotatable bonds is 7. The lowest BCUT2D eigenvalue weighted by Crippen LogP contribution is -2.36. The van der Waals surface area contributed by atoms with Gasteiger partial charge in [-0.05, 0) is 35.9 Å².